The first-order valence-electron chi connectivity index (χ1n) is 10.7. The number of thiophene rings is 1. The molecule has 0 spiro atoms. The number of hydrazone groups is 1. The van der Waals surface area contributed by atoms with Crippen LogP contribution in [0.1, 0.15) is 36.9 Å². The molecule has 0 aliphatic rings. The SMILES string of the molecule is COc1ccc(/C=N\NC(=O)c2sc3nc(C)cc(C)c3c2NC(=O)c2ccccc2OC)cc1. The van der Waals surface area contributed by atoms with Crippen molar-refractivity contribution in [1.29, 1.82) is 0 Å². The molecule has 35 heavy (non-hydrogen) atoms. The van der Waals surface area contributed by atoms with Crippen LogP contribution in [0.3, 0.4) is 0 Å². The van der Waals surface area contributed by atoms with Gasteiger partial charge in [0.1, 0.15) is 21.2 Å². The zero-order valence-electron chi connectivity index (χ0n) is 19.7. The first-order valence-corrected chi connectivity index (χ1v) is 11.6. The van der Waals surface area contributed by atoms with Crippen molar-refractivity contribution in [3.8, 4) is 11.5 Å². The molecule has 0 unspecified atom stereocenters. The van der Waals surface area contributed by atoms with Gasteiger partial charge in [0.25, 0.3) is 11.8 Å². The van der Waals surface area contributed by atoms with Crippen molar-refractivity contribution >= 4 is 45.3 Å². The molecule has 0 atom stereocenters. The lowest BCUT2D eigenvalue weighted by molar-refractivity contribution is 0.0960. The summed E-state index contributed by atoms with van der Waals surface area (Å²) in [6.45, 7) is 3.81. The van der Waals surface area contributed by atoms with Crippen LogP contribution in [0.5, 0.6) is 11.5 Å². The average Bonchev–Trinajstić information content (AvgIpc) is 3.22. The number of amides is 2. The molecule has 2 amide bonds. The summed E-state index contributed by atoms with van der Waals surface area (Å²) in [7, 11) is 3.10. The molecule has 0 bridgehead atoms. The predicted octanol–water partition coefficient (Wildman–Crippen LogP) is 4.95. The van der Waals surface area contributed by atoms with Gasteiger partial charge in [-0.15, -0.1) is 11.3 Å². The molecule has 0 radical (unpaired) electrons. The summed E-state index contributed by atoms with van der Waals surface area (Å²) in [6, 6.07) is 16.1. The number of aryl methyl sites for hydroxylation is 2. The molecule has 2 heterocycles. The summed E-state index contributed by atoms with van der Waals surface area (Å²) in [5, 5.41) is 7.70. The summed E-state index contributed by atoms with van der Waals surface area (Å²) in [4.78, 5) is 31.8. The molecule has 0 aliphatic carbocycles. The maximum atomic E-state index is 13.2. The van der Waals surface area contributed by atoms with Crippen molar-refractivity contribution < 1.29 is 19.1 Å². The summed E-state index contributed by atoms with van der Waals surface area (Å²) in [6.07, 6.45) is 1.53. The molecule has 0 fully saturated rings. The van der Waals surface area contributed by atoms with Crippen LogP contribution in [0.15, 0.2) is 59.7 Å². The first kappa shape index (κ1) is 23.9. The van der Waals surface area contributed by atoms with E-state index in [0.29, 0.717) is 32.1 Å². The zero-order valence-corrected chi connectivity index (χ0v) is 20.5. The Kier molecular flexibility index (Phi) is 7.07. The van der Waals surface area contributed by atoms with E-state index in [0.717, 1.165) is 22.6 Å². The van der Waals surface area contributed by atoms with Crippen molar-refractivity contribution in [1.82, 2.24) is 10.4 Å². The highest BCUT2D eigenvalue weighted by molar-refractivity contribution is 7.21. The number of carbonyl (C=O) groups is 2. The van der Waals surface area contributed by atoms with Crippen LogP contribution < -0.4 is 20.2 Å². The Morgan fingerprint density at radius 3 is 2.46 bits per heavy atom. The number of nitrogens with one attached hydrogen (secondary N) is 2. The number of fused-ring (bicyclic) bond motifs is 1. The van der Waals surface area contributed by atoms with E-state index in [1.54, 1.807) is 43.5 Å². The van der Waals surface area contributed by atoms with Gasteiger partial charge >= 0.3 is 0 Å². The minimum atomic E-state index is -0.454. The molecule has 9 heteroatoms. The minimum Gasteiger partial charge on any atom is -0.497 e. The van der Waals surface area contributed by atoms with E-state index in [2.05, 4.69) is 20.8 Å². The van der Waals surface area contributed by atoms with Gasteiger partial charge in [-0.3, -0.25) is 9.59 Å². The molecule has 0 saturated heterocycles. The third-order valence-electron chi connectivity index (χ3n) is 5.28. The average molecular weight is 489 g/mol. The quantitative estimate of drug-likeness (QED) is 0.283. The Labute approximate surface area is 206 Å². The molecule has 0 saturated carbocycles. The molecule has 4 aromatic rings. The smallest absolute Gasteiger partial charge is 0.283 e. The molecular weight excluding hydrogens is 464 g/mol. The molecule has 4 rings (SSSR count). The molecule has 2 aromatic carbocycles. The standard InChI is InChI=1S/C26H24N4O4S/c1-15-13-16(2)28-26-21(15)22(29-24(31)19-7-5-6-8-20(19)34-4)23(35-26)25(32)30-27-14-17-9-11-18(33-3)12-10-17/h5-14H,1-4H3,(H,29,31)(H,30,32)/b27-14-. The number of benzene rings is 2. The fourth-order valence-corrected chi connectivity index (χ4v) is 4.78. The summed E-state index contributed by atoms with van der Waals surface area (Å²) >= 11 is 1.20. The van der Waals surface area contributed by atoms with Crippen LogP contribution in [0, 0.1) is 13.8 Å². The van der Waals surface area contributed by atoms with Crippen molar-refractivity contribution in [2.75, 3.05) is 19.5 Å². The van der Waals surface area contributed by atoms with Crippen molar-refractivity contribution in [3.63, 3.8) is 0 Å². The van der Waals surface area contributed by atoms with Gasteiger partial charge in [0.2, 0.25) is 0 Å². The fraction of sp³-hybridized carbons (Fsp3) is 0.154. The van der Waals surface area contributed by atoms with Crippen LogP contribution >= 0.6 is 11.3 Å². The van der Waals surface area contributed by atoms with Gasteiger partial charge in [-0.2, -0.15) is 5.10 Å². The van der Waals surface area contributed by atoms with E-state index >= 15 is 0 Å². The summed E-state index contributed by atoms with van der Waals surface area (Å²) < 4.78 is 10.5. The van der Waals surface area contributed by atoms with Crippen LogP contribution in [-0.4, -0.2) is 37.2 Å². The lowest BCUT2D eigenvalue weighted by Crippen LogP contribution is -2.20. The maximum Gasteiger partial charge on any atom is 0.283 e. The Balaban J connectivity index is 1.66. The Bertz CT molecular complexity index is 1430. The Hall–Kier alpha value is -4.24. The van der Waals surface area contributed by atoms with Crippen molar-refractivity contribution in [2.24, 2.45) is 5.10 Å². The summed E-state index contributed by atoms with van der Waals surface area (Å²) in [5.74, 6) is 0.318. The number of ether oxygens (including phenoxy) is 2. The predicted molar refractivity (Wildman–Crippen MR) is 138 cm³/mol. The van der Waals surface area contributed by atoms with E-state index in [-0.39, 0.29) is 0 Å². The Morgan fingerprint density at radius 1 is 1.00 bits per heavy atom. The number of para-hydroxylation sites is 1. The second kappa shape index (κ2) is 10.4. The number of hydrogen-bond donors (Lipinski definition) is 2. The van der Waals surface area contributed by atoms with Gasteiger partial charge in [0, 0.05) is 11.1 Å². The minimum absolute atomic E-state index is 0.302. The largest absolute Gasteiger partial charge is 0.497 e. The van der Waals surface area contributed by atoms with Gasteiger partial charge in [-0.1, -0.05) is 12.1 Å². The number of nitrogens with zero attached hydrogens (tertiary/aromatic N) is 2. The van der Waals surface area contributed by atoms with Gasteiger partial charge in [0.15, 0.2) is 0 Å². The van der Waals surface area contributed by atoms with Crippen LogP contribution in [0.25, 0.3) is 10.2 Å². The third kappa shape index (κ3) is 5.15. The maximum absolute atomic E-state index is 13.2. The molecule has 2 aromatic heterocycles. The molecule has 0 aliphatic heterocycles. The van der Waals surface area contributed by atoms with E-state index < -0.39 is 11.8 Å². The number of hydrogen-bond acceptors (Lipinski definition) is 7. The van der Waals surface area contributed by atoms with Crippen LogP contribution in [0.2, 0.25) is 0 Å². The number of carbonyl (C=O) groups excluding carboxylic acids is 2. The fourth-order valence-electron chi connectivity index (χ4n) is 3.64. The molecule has 178 valence electrons. The number of aromatic nitrogens is 1. The van der Waals surface area contributed by atoms with E-state index in [1.807, 2.05) is 32.0 Å². The van der Waals surface area contributed by atoms with Gasteiger partial charge in [-0.05, 0) is 67.4 Å². The van der Waals surface area contributed by atoms with Gasteiger partial charge in [0.05, 0.1) is 31.7 Å². The monoisotopic (exact) mass is 488 g/mol. The first-order chi connectivity index (χ1) is 16.9. The number of anilines is 1. The van der Waals surface area contributed by atoms with Gasteiger partial charge < -0.3 is 14.8 Å². The second-order valence-electron chi connectivity index (χ2n) is 7.69. The highest BCUT2D eigenvalue weighted by Gasteiger charge is 2.24. The number of methoxy groups -OCH3 is 2. The second-order valence-corrected chi connectivity index (χ2v) is 8.69. The normalized spacial score (nSPS) is 11.0. The number of rotatable bonds is 7. The van der Waals surface area contributed by atoms with E-state index in [9.17, 15) is 9.59 Å². The summed E-state index contributed by atoms with van der Waals surface area (Å²) in [5.41, 5.74) is 5.82. The lowest BCUT2D eigenvalue weighted by atomic mass is 10.1. The van der Waals surface area contributed by atoms with E-state index in [4.69, 9.17) is 9.47 Å². The molecule has 8 nitrogen and oxygen atoms in total. The van der Waals surface area contributed by atoms with Crippen molar-refractivity contribution in [2.45, 2.75) is 13.8 Å². The molecule has 2 N–H and O–H groups in total. The lowest BCUT2D eigenvalue weighted by Gasteiger charge is -2.11. The number of pyridine rings is 1. The Morgan fingerprint density at radius 2 is 1.74 bits per heavy atom. The molecular formula is C26H24N4O4S. The zero-order chi connectivity index (χ0) is 24.9. The van der Waals surface area contributed by atoms with Crippen LogP contribution in [0.4, 0.5) is 5.69 Å². The highest BCUT2D eigenvalue weighted by atomic mass is 32.1. The third-order valence-corrected chi connectivity index (χ3v) is 6.36. The van der Waals surface area contributed by atoms with Gasteiger partial charge in [-0.25, -0.2) is 10.4 Å². The highest BCUT2D eigenvalue weighted by Crippen LogP contribution is 2.38. The van der Waals surface area contributed by atoms with Crippen molar-refractivity contribution in [3.05, 3.63) is 81.9 Å². The van der Waals surface area contributed by atoms with E-state index in [1.165, 1.54) is 24.7 Å². The van der Waals surface area contributed by atoms with Crippen LogP contribution in [-0.2, 0) is 0 Å². The topological polar surface area (TPSA) is 102 Å².